The van der Waals surface area contributed by atoms with Gasteiger partial charge in [-0.2, -0.15) is 0 Å². The van der Waals surface area contributed by atoms with E-state index in [2.05, 4.69) is 10.0 Å². The Morgan fingerprint density at radius 1 is 1.50 bits per heavy atom. The lowest BCUT2D eigenvalue weighted by molar-refractivity contribution is -0.143. The zero-order valence-corrected chi connectivity index (χ0v) is 12.1. The molecule has 0 amide bonds. The standard InChI is InChI=1S/C13H21N3O4/c1-4-18-12(17)8-6-5-7-10-11(9-15-16-14)20-13(2,3)19-10/h5,7,10-11H,4,6,8-9H2,1-3H3/b7-5-. The van der Waals surface area contributed by atoms with Crippen molar-refractivity contribution in [1.29, 1.82) is 0 Å². The van der Waals surface area contributed by atoms with Gasteiger partial charge in [0, 0.05) is 11.3 Å². The quantitative estimate of drug-likeness (QED) is 0.236. The zero-order valence-electron chi connectivity index (χ0n) is 12.1. The van der Waals surface area contributed by atoms with Gasteiger partial charge in [0.05, 0.1) is 19.3 Å². The molecule has 0 aromatic rings. The Labute approximate surface area is 118 Å². The van der Waals surface area contributed by atoms with E-state index in [1.54, 1.807) is 6.92 Å². The van der Waals surface area contributed by atoms with Gasteiger partial charge in [0.1, 0.15) is 6.10 Å². The predicted molar refractivity (Wildman–Crippen MR) is 72.8 cm³/mol. The molecule has 1 rings (SSSR count). The van der Waals surface area contributed by atoms with Gasteiger partial charge in [-0.3, -0.25) is 4.79 Å². The van der Waals surface area contributed by atoms with Crippen molar-refractivity contribution in [1.82, 2.24) is 0 Å². The van der Waals surface area contributed by atoms with Crippen LogP contribution in [0.4, 0.5) is 0 Å². The molecule has 2 unspecified atom stereocenters. The number of hydrogen-bond donors (Lipinski definition) is 0. The molecule has 0 spiro atoms. The van der Waals surface area contributed by atoms with Gasteiger partial charge >= 0.3 is 5.97 Å². The van der Waals surface area contributed by atoms with E-state index in [4.69, 9.17) is 19.7 Å². The van der Waals surface area contributed by atoms with Gasteiger partial charge in [0.15, 0.2) is 5.79 Å². The third-order valence-electron chi connectivity index (χ3n) is 2.69. The summed E-state index contributed by atoms with van der Waals surface area (Å²) in [6.07, 6.45) is 4.02. The summed E-state index contributed by atoms with van der Waals surface area (Å²) < 4.78 is 16.2. The molecule has 0 aromatic carbocycles. The van der Waals surface area contributed by atoms with E-state index < -0.39 is 5.79 Å². The first kappa shape index (κ1) is 16.5. The molecular weight excluding hydrogens is 262 g/mol. The monoisotopic (exact) mass is 283 g/mol. The predicted octanol–water partition coefficient (Wildman–Crippen LogP) is 2.72. The highest BCUT2D eigenvalue weighted by molar-refractivity contribution is 5.69. The fraction of sp³-hybridized carbons (Fsp3) is 0.769. The van der Waals surface area contributed by atoms with Crippen LogP contribution in [0.25, 0.3) is 10.4 Å². The highest BCUT2D eigenvalue weighted by Gasteiger charge is 2.39. The average molecular weight is 283 g/mol. The van der Waals surface area contributed by atoms with Crippen molar-refractivity contribution in [3.05, 3.63) is 22.6 Å². The zero-order chi connectivity index (χ0) is 15.0. The number of carbonyl (C=O) groups is 1. The smallest absolute Gasteiger partial charge is 0.306 e. The first-order chi connectivity index (χ1) is 9.48. The second-order valence-corrected chi connectivity index (χ2v) is 4.82. The average Bonchev–Trinajstić information content (AvgIpc) is 2.67. The first-order valence-corrected chi connectivity index (χ1v) is 6.67. The topological polar surface area (TPSA) is 93.5 Å². The molecular formula is C13H21N3O4. The minimum absolute atomic E-state index is 0.215. The number of nitrogens with zero attached hydrogens (tertiary/aromatic N) is 3. The van der Waals surface area contributed by atoms with Crippen molar-refractivity contribution >= 4 is 5.97 Å². The maximum Gasteiger partial charge on any atom is 0.306 e. The summed E-state index contributed by atoms with van der Waals surface area (Å²) in [5, 5.41) is 3.52. The molecule has 0 aliphatic carbocycles. The van der Waals surface area contributed by atoms with Gasteiger partial charge in [0.2, 0.25) is 0 Å². The maximum absolute atomic E-state index is 11.2. The number of rotatable bonds is 7. The largest absolute Gasteiger partial charge is 0.466 e. The number of azide groups is 1. The lowest BCUT2D eigenvalue weighted by Gasteiger charge is -2.16. The summed E-state index contributed by atoms with van der Waals surface area (Å²) in [5.74, 6) is -0.919. The molecule has 0 radical (unpaired) electrons. The number of ether oxygens (including phenoxy) is 3. The molecule has 1 saturated heterocycles. The van der Waals surface area contributed by atoms with Crippen LogP contribution in [0.3, 0.4) is 0 Å². The van der Waals surface area contributed by atoms with Crippen LogP contribution in [0.2, 0.25) is 0 Å². The Kier molecular flexibility index (Phi) is 6.51. The van der Waals surface area contributed by atoms with E-state index in [0.717, 1.165) is 0 Å². The third kappa shape index (κ3) is 5.61. The molecule has 0 aromatic heterocycles. The summed E-state index contributed by atoms with van der Waals surface area (Å²) in [5.41, 5.74) is 8.36. The van der Waals surface area contributed by atoms with E-state index in [0.29, 0.717) is 19.4 Å². The van der Waals surface area contributed by atoms with E-state index in [-0.39, 0.29) is 24.7 Å². The molecule has 7 nitrogen and oxygen atoms in total. The third-order valence-corrected chi connectivity index (χ3v) is 2.69. The van der Waals surface area contributed by atoms with Crippen molar-refractivity contribution < 1.29 is 19.0 Å². The summed E-state index contributed by atoms with van der Waals surface area (Å²) in [4.78, 5) is 13.9. The maximum atomic E-state index is 11.2. The highest BCUT2D eigenvalue weighted by atomic mass is 16.7. The van der Waals surface area contributed by atoms with Crippen LogP contribution in [0.15, 0.2) is 17.3 Å². The Hall–Kier alpha value is -1.56. The number of esters is 1. The van der Waals surface area contributed by atoms with Crippen LogP contribution in [-0.4, -0.2) is 37.1 Å². The molecule has 20 heavy (non-hydrogen) atoms. The molecule has 0 saturated carbocycles. The highest BCUT2D eigenvalue weighted by Crippen LogP contribution is 2.29. The fourth-order valence-electron chi connectivity index (χ4n) is 1.95. The Morgan fingerprint density at radius 2 is 2.25 bits per heavy atom. The SMILES string of the molecule is CCOC(=O)CC/C=C\C1OC(C)(C)OC1CN=[N+]=[N-]. The number of allylic oxidation sites excluding steroid dienone is 1. The van der Waals surface area contributed by atoms with E-state index in [1.165, 1.54) is 0 Å². The molecule has 1 aliphatic rings. The molecule has 0 bridgehead atoms. The van der Waals surface area contributed by atoms with Gasteiger partial charge in [0.25, 0.3) is 0 Å². The second-order valence-electron chi connectivity index (χ2n) is 4.82. The van der Waals surface area contributed by atoms with Gasteiger partial charge in [-0.1, -0.05) is 17.3 Å². The van der Waals surface area contributed by atoms with Crippen molar-refractivity contribution in [2.75, 3.05) is 13.2 Å². The second kappa shape index (κ2) is 7.89. The summed E-state index contributed by atoms with van der Waals surface area (Å²) in [7, 11) is 0. The van der Waals surface area contributed by atoms with E-state index in [9.17, 15) is 4.79 Å². The van der Waals surface area contributed by atoms with E-state index >= 15 is 0 Å². The number of carbonyl (C=O) groups excluding carboxylic acids is 1. The van der Waals surface area contributed by atoms with E-state index in [1.807, 2.05) is 26.0 Å². The Balaban J connectivity index is 2.46. The Bertz CT molecular complexity index is 402. The van der Waals surface area contributed by atoms with Crippen molar-refractivity contribution in [2.45, 2.75) is 51.6 Å². The molecule has 112 valence electrons. The Morgan fingerprint density at radius 3 is 2.90 bits per heavy atom. The normalized spacial score (nSPS) is 24.6. The van der Waals surface area contributed by atoms with Crippen molar-refractivity contribution in [2.24, 2.45) is 5.11 Å². The summed E-state index contributed by atoms with van der Waals surface area (Å²) in [6.45, 7) is 6.00. The van der Waals surface area contributed by atoms with Crippen molar-refractivity contribution in [3.63, 3.8) is 0 Å². The van der Waals surface area contributed by atoms with Crippen LogP contribution < -0.4 is 0 Å². The lowest BCUT2D eigenvalue weighted by atomic mass is 10.1. The van der Waals surface area contributed by atoms with Crippen LogP contribution in [0.1, 0.15) is 33.6 Å². The van der Waals surface area contributed by atoms with Gasteiger partial charge in [-0.25, -0.2) is 0 Å². The van der Waals surface area contributed by atoms with Gasteiger partial charge in [-0.05, 0) is 32.7 Å². The molecule has 2 atom stereocenters. The minimum Gasteiger partial charge on any atom is -0.466 e. The molecule has 0 N–H and O–H groups in total. The van der Waals surface area contributed by atoms with Gasteiger partial charge in [-0.15, -0.1) is 0 Å². The first-order valence-electron chi connectivity index (χ1n) is 6.67. The molecule has 1 fully saturated rings. The lowest BCUT2D eigenvalue weighted by Crippen LogP contribution is -2.23. The summed E-state index contributed by atoms with van der Waals surface area (Å²) >= 11 is 0. The fourth-order valence-corrected chi connectivity index (χ4v) is 1.95. The summed E-state index contributed by atoms with van der Waals surface area (Å²) in [6, 6.07) is 0. The minimum atomic E-state index is -0.703. The molecule has 1 aliphatic heterocycles. The van der Waals surface area contributed by atoms with Crippen LogP contribution in [0.5, 0.6) is 0 Å². The van der Waals surface area contributed by atoms with Crippen LogP contribution >= 0.6 is 0 Å². The van der Waals surface area contributed by atoms with Gasteiger partial charge < -0.3 is 14.2 Å². The van der Waals surface area contributed by atoms with Crippen LogP contribution in [0, 0.1) is 0 Å². The van der Waals surface area contributed by atoms with Crippen molar-refractivity contribution in [3.8, 4) is 0 Å². The molecule has 7 heteroatoms. The van der Waals surface area contributed by atoms with Crippen LogP contribution in [-0.2, 0) is 19.0 Å². The molecule has 1 heterocycles. The number of hydrogen-bond acceptors (Lipinski definition) is 5.